The smallest absolute Gasteiger partial charge is 0.335 e. The minimum Gasteiger partial charge on any atom is -0.478 e. The number of likely N-dealkylation sites (tertiary alicyclic amines) is 1. The molecule has 1 heterocycles. The van der Waals surface area contributed by atoms with Gasteiger partial charge in [0.2, 0.25) is 10.0 Å². The molecule has 1 saturated heterocycles. The summed E-state index contributed by atoms with van der Waals surface area (Å²) in [5.41, 5.74) is 1.26. The van der Waals surface area contributed by atoms with Crippen LogP contribution in [0.5, 0.6) is 0 Å². The zero-order valence-corrected chi connectivity index (χ0v) is 15.1. The highest BCUT2D eigenvalue weighted by atomic mass is 32.2. The van der Waals surface area contributed by atoms with Crippen molar-refractivity contribution < 1.29 is 18.3 Å². The van der Waals surface area contributed by atoms with Gasteiger partial charge in [-0.15, -0.1) is 0 Å². The normalized spacial score (nSPS) is 19.0. The summed E-state index contributed by atoms with van der Waals surface area (Å²) in [5, 5.41) is 9.26. The quantitative estimate of drug-likeness (QED) is 0.766. The number of hydrogen-bond donors (Lipinski definition) is 1. The van der Waals surface area contributed by atoms with Gasteiger partial charge in [-0.3, -0.25) is 0 Å². The predicted octanol–water partition coefficient (Wildman–Crippen LogP) is 1.53. The average molecular weight is 354 g/mol. The van der Waals surface area contributed by atoms with Crippen LogP contribution in [0.15, 0.2) is 24.3 Å². The Balaban J connectivity index is 1.83. The van der Waals surface area contributed by atoms with Crippen LogP contribution in [-0.2, 0) is 16.4 Å². The summed E-state index contributed by atoms with van der Waals surface area (Å²) < 4.78 is 24.8. The molecule has 1 aromatic carbocycles. The molecule has 6 nitrogen and oxygen atoms in total. The van der Waals surface area contributed by atoms with E-state index in [4.69, 9.17) is 0 Å². The third-order valence-electron chi connectivity index (χ3n) is 4.56. The van der Waals surface area contributed by atoms with Gasteiger partial charge in [-0.25, -0.2) is 17.5 Å². The Bertz CT molecular complexity index is 673. The summed E-state index contributed by atoms with van der Waals surface area (Å²) in [6, 6.07) is 7.16. The second kappa shape index (κ2) is 8.09. The minimum absolute atomic E-state index is 0.170. The maximum Gasteiger partial charge on any atom is 0.335 e. The molecule has 0 bridgehead atoms. The summed E-state index contributed by atoms with van der Waals surface area (Å²) in [4.78, 5) is 13.6. The molecule has 1 fully saturated rings. The molecular weight excluding hydrogens is 328 g/mol. The second-order valence-electron chi connectivity index (χ2n) is 6.57. The zero-order chi connectivity index (χ0) is 17.7. The molecular formula is C17H26N2O4S. The number of nitrogens with zero attached hydrogens (tertiary/aromatic N) is 2. The van der Waals surface area contributed by atoms with Gasteiger partial charge >= 0.3 is 5.97 Å². The fourth-order valence-corrected chi connectivity index (χ4v) is 4.01. The zero-order valence-electron chi connectivity index (χ0n) is 14.3. The number of rotatable bonds is 8. The van der Waals surface area contributed by atoms with Gasteiger partial charge in [0.05, 0.1) is 11.3 Å². The number of sulfonamides is 1. The summed E-state index contributed by atoms with van der Waals surface area (Å²) >= 11 is 0. The molecule has 1 aliphatic rings. The Kier molecular flexibility index (Phi) is 6.37. The summed E-state index contributed by atoms with van der Waals surface area (Å²) in [5.74, 6) is -0.284. The van der Waals surface area contributed by atoms with E-state index in [9.17, 15) is 18.3 Å². The predicted molar refractivity (Wildman–Crippen MR) is 93.7 cm³/mol. The van der Waals surface area contributed by atoms with Crippen molar-refractivity contribution in [3.63, 3.8) is 0 Å². The lowest BCUT2D eigenvalue weighted by Crippen LogP contribution is -2.29. The maximum absolute atomic E-state index is 11.8. The highest BCUT2D eigenvalue weighted by Crippen LogP contribution is 2.23. The molecule has 7 heteroatoms. The molecule has 1 aromatic rings. The van der Waals surface area contributed by atoms with Gasteiger partial charge in [-0.2, -0.15) is 0 Å². The van der Waals surface area contributed by atoms with E-state index in [1.165, 1.54) is 4.31 Å². The summed E-state index contributed by atoms with van der Waals surface area (Å²) in [7, 11) is -0.0124. The van der Waals surface area contributed by atoms with Gasteiger partial charge in [0.15, 0.2) is 0 Å². The van der Waals surface area contributed by atoms with Gasteiger partial charge in [0.1, 0.15) is 0 Å². The van der Waals surface area contributed by atoms with Gasteiger partial charge in [0.25, 0.3) is 0 Å². The molecule has 24 heavy (non-hydrogen) atoms. The number of carbonyl (C=O) groups is 1. The molecule has 0 radical (unpaired) electrons. The van der Waals surface area contributed by atoms with Crippen LogP contribution >= 0.6 is 0 Å². The van der Waals surface area contributed by atoms with Crippen LogP contribution in [0, 0.1) is 5.92 Å². The molecule has 134 valence electrons. The molecule has 0 amide bonds. The Labute approximate surface area is 144 Å². The van der Waals surface area contributed by atoms with E-state index in [-0.39, 0.29) is 5.75 Å². The highest BCUT2D eigenvalue weighted by Gasteiger charge is 2.24. The van der Waals surface area contributed by atoms with Crippen LogP contribution in [0.3, 0.4) is 0 Å². The molecule has 0 aromatic heterocycles. The first-order valence-electron chi connectivity index (χ1n) is 8.23. The van der Waals surface area contributed by atoms with E-state index in [1.54, 1.807) is 26.2 Å². The fourth-order valence-electron chi connectivity index (χ4n) is 3.15. The Morgan fingerprint density at radius 2 is 2.04 bits per heavy atom. The van der Waals surface area contributed by atoms with Crippen molar-refractivity contribution in [2.45, 2.75) is 19.3 Å². The van der Waals surface area contributed by atoms with E-state index in [2.05, 4.69) is 4.90 Å². The van der Waals surface area contributed by atoms with Crippen LogP contribution in [0.1, 0.15) is 28.8 Å². The third-order valence-corrected chi connectivity index (χ3v) is 6.48. The number of carboxylic acid groups (broad SMARTS) is 1. The standard InChI is InChI=1S/C17H26N2O4S/c1-18(2)24(22,23)11-5-9-19-10-8-14(13-19)12-15-6-3-4-7-16(15)17(20)21/h3-4,6-7,14H,5,8-13H2,1-2H3,(H,20,21). The lowest BCUT2D eigenvalue weighted by Gasteiger charge is -2.17. The Morgan fingerprint density at radius 1 is 1.33 bits per heavy atom. The van der Waals surface area contributed by atoms with Crippen molar-refractivity contribution >= 4 is 16.0 Å². The first-order chi connectivity index (χ1) is 11.3. The van der Waals surface area contributed by atoms with E-state index in [1.807, 2.05) is 12.1 Å². The SMILES string of the molecule is CN(C)S(=O)(=O)CCCN1CCC(Cc2ccccc2C(=O)O)C1. The average Bonchev–Trinajstić information content (AvgIpc) is 2.94. The minimum atomic E-state index is -3.13. The van der Waals surface area contributed by atoms with Crippen LogP contribution in [-0.4, -0.2) is 68.2 Å². The summed E-state index contributed by atoms with van der Waals surface area (Å²) in [6.07, 6.45) is 2.41. The molecule has 1 N–H and O–H groups in total. The molecule has 0 aliphatic carbocycles. The Morgan fingerprint density at radius 3 is 2.71 bits per heavy atom. The first kappa shape index (κ1) is 18.9. The van der Waals surface area contributed by atoms with Crippen molar-refractivity contribution in [1.29, 1.82) is 0 Å². The van der Waals surface area contributed by atoms with Crippen molar-refractivity contribution in [2.24, 2.45) is 5.92 Å². The fraction of sp³-hybridized carbons (Fsp3) is 0.588. The van der Waals surface area contributed by atoms with Gasteiger partial charge in [-0.05, 0) is 49.9 Å². The topological polar surface area (TPSA) is 77.9 Å². The van der Waals surface area contributed by atoms with Crippen molar-refractivity contribution in [3.8, 4) is 0 Å². The van der Waals surface area contributed by atoms with E-state index >= 15 is 0 Å². The molecule has 0 spiro atoms. The van der Waals surface area contributed by atoms with Crippen LogP contribution in [0.2, 0.25) is 0 Å². The van der Waals surface area contributed by atoms with E-state index < -0.39 is 16.0 Å². The largest absolute Gasteiger partial charge is 0.478 e. The summed E-state index contributed by atoms with van der Waals surface area (Å²) in [6.45, 7) is 2.61. The second-order valence-corrected chi connectivity index (χ2v) is 8.88. The van der Waals surface area contributed by atoms with E-state index in [0.717, 1.165) is 38.0 Å². The van der Waals surface area contributed by atoms with E-state index in [0.29, 0.717) is 17.9 Å². The van der Waals surface area contributed by atoms with Crippen LogP contribution < -0.4 is 0 Å². The molecule has 1 atom stereocenters. The number of carboxylic acids is 1. The highest BCUT2D eigenvalue weighted by molar-refractivity contribution is 7.89. The van der Waals surface area contributed by atoms with Gasteiger partial charge in [0, 0.05) is 20.6 Å². The monoisotopic (exact) mass is 354 g/mol. The molecule has 1 unspecified atom stereocenters. The van der Waals surface area contributed by atoms with Crippen molar-refractivity contribution in [2.75, 3.05) is 39.5 Å². The van der Waals surface area contributed by atoms with Gasteiger partial charge < -0.3 is 10.0 Å². The van der Waals surface area contributed by atoms with Crippen LogP contribution in [0.4, 0.5) is 0 Å². The number of aromatic carboxylic acids is 1. The van der Waals surface area contributed by atoms with Crippen molar-refractivity contribution in [3.05, 3.63) is 35.4 Å². The van der Waals surface area contributed by atoms with Crippen LogP contribution in [0.25, 0.3) is 0 Å². The lowest BCUT2D eigenvalue weighted by molar-refractivity contribution is 0.0695. The lowest BCUT2D eigenvalue weighted by atomic mass is 9.95. The van der Waals surface area contributed by atoms with Crippen molar-refractivity contribution in [1.82, 2.24) is 9.21 Å². The molecule has 2 rings (SSSR count). The Hall–Kier alpha value is -1.44. The third kappa shape index (κ3) is 5.03. The first-order valence-corrected chi connectivity index (χ1v) is 9.84. The maximum atomic E-state index is 11.8. The molecule has 0 saturated carbocycles. The van der Waals surface area contributed by atoms with Gasteiger partial charge in [-0.1, -0.05) is 18.2 Å². The molecule has 1 aliphatic heterocycles. The number of benzene rings is 1. The number of hydrogen-bond acceptors (Lipinski definition) is 4.